The fraction of sp³-hybridized carbons (Fsp3) is 0.333. The number of rotatable bonds is 6. The van der Waals surface area contributed by atoms with Crippen LogP contribution in [0.15, 0.2) is 30.6 Å². The summed E-state index contributed by atoms with van der Waals surface area (Å²) in [7, 11) is 0. The van der Waals surface area contributed by atoms with Gasteiger partial charge in [0.25, 0.3) is 0 Å². The van der Waals surface area contributed by atoms with Crippen LogP contribution in [0.1, 0.15) is 19.4 Å². The Balaban J connectivity index is 2.17. The Kier molecular flexibility index (Phi) is 4.94. The molecule has 6 heteroatoms. The molecule has 0 saturated heterocycles. The molecule has 0 aliphatic heterocycles. The molecule has 6 nitrogen and oxygen atoms in total. The van der Waals surface area contributed by atoms with Gasteiger partial charge in [-0.3, -0.25) is 0 Å². The van der Waals surface area contributed by atoms with Crippen LogP contribution < -0.4 is 21.5 Å². The number of anilines is 4. The first-order valence-corrected chi connectivity index (χ1v) is 7.09. The molecule has 0 unspecified atom stereocenters. The molecule has 4 N–H and O–H groups in total. The maximum absolute atomic E-state index is 5.42. The van der Waals surface area contributed by atoms with Gasteiger partial charge in [-0.05, 0) is 45.0 Å². The van der Waals surface area contributed by atoms with Gasteiger partial charge in [-0.15, -0.1) is 0 Å². The Morgan fingerprint density at radius 3 is 2.24 bits per heavy atom. The molecular formula is C15H22N6. The smallest absolute Gasteiger partial charge is 0.148 e. The average molecular weight is 286 g/mol. The van der Waals surface area contributed by atoms with Gasteiger partial charge in [0.05, 0.1) is 0 Å². The van der Waals surface area contributed by atoms with E-state index in [1.54, 1.807) is 0 Å². The van der Waals surface area contributed by atoms with E-state index in [0.29, 0.717) is 5.82 Å². The van der Waals surface area contributed by atoms with E-state index in [4.69, 9.17) is 5.84 Å². The van der Waals surface area contributed by atoms with Crippen LogP contribution in [0.25, 0.3) is 0 Å². The lowest BCUT2D eigenvalue weighted by Crippen LogP contribution is -2.21. The maximum atomic E-state index is 5.42. The van der Waals surface area contributed by atoms with Crippen molar-refractivity contribution in [3.05, 3.63) is 36.2 Å². The molecule has 0 aliphatic carbocycles. The zero-order valence-corrected chi connectivity index (χ0v) is 12.7. The first-order chi connectivity index (χ1) is 10.2. The van der Waals surface area contributed by atoms with Gasteiger partial charge in [0.2, 0.25) is 0 Å². The van der Waals surface area contributed by atoms with Crippen molar-refractivity contribution in [1.82, 2.24) is 9.97 Å². The molecule has 0 atom stereocenters. The highest BCUT2D eigenvalue weighted by Gasteiger charge is 2.07. The van der Waals surface area contributed by atoms with Crippen LogP contribution in [-0.2, 0) is 0 Å². The monoisotopic (exact) mass is 286 g/mol. The zero-order valence-electron chi connectivity index (χ0n) is 12.7. The standard InChI is InChI=1S/C15H22N6/c1-4-21(5-2)13-8-6-12(7-9-13)19-14-11(3)15(20-16)18-10-17-14/h6-10H,4-5,16H2,1-3H3,(H2,17,18,19,20). The minimum Gasteiger partial charge on any atom is -0.372 e. The van der Waals surface area contributed by atoms with Gasteiger partial charge in [0, 0.05) is 30.0 Å². The number of hydrogen-bond donors (Lipinski definition) is 3. The molecule has 2 aromatic rings. The lowest BCUT2D eigenvalue weighted by atomic mass is 10.2. The third kappa shape index (κ3) is 3.41. The van der Waals surface area contributed by atoms with Crippen molar-refractivity contribution >= 4 is 23.0 Å². The van der Waals surface area contributed by atoms with Gasteiger partial charge < -0.3 is 15.6 Å². The molecule has 0 amide bonds. The van der Waals surface area contributed by atoms with Crippen molar-refractivity contribution in [3.63, 3.8) is 0 Å². The predicted molar refractivity (Wildman–Crippen MR) is 87.9 cm³/mol. The number of nitrogen functional groups attached to an aromatic ring is 1. The lowest BCUT2D eigenvalue weighted by Gasteiger charge is -2.21. The van der Waals surface area contributed by atoms with E-state index in [0.717, 1.165) is 30.2 Å². The highest BCUT2D eigenvalue weighted by atomic mass is 15.3. The third-order valence-corrected chi connectivity index (χ3v) is 3.48. The van der Waals surface area contributed by atoms with Crippen molar-refractivity contribution in [2.45, 2.75) is 20.8 Å². The molecule has 1 heterocycles. The predicted octanol–water partition coefficient (Wildman–Crippen LogP) is 2.66. The van der Waals surface area contributed by atoms with Crippen molar-refractivity contribution in [3.8, 4) is 0 Å². The van der Waals surface area contributed by atoms with E-state index in [1.807, 2.05) is 19.1 Å². The van der Waals surface area contributed by atoms with Crippen LogP contribution >= 0.6 is 0 Å². The van der Waals surface area contributed by atoms with Crippen LogP contribution in [0.5, 0.6) is 0 Å². The molecule has 21 heavy (non-hydrogen) atoms. The lowest BCUT2D eigenvalue weighted by molar-refractivity contribution is 0.866. The summed E-state index contributed by atoms with van der Waals surface area (Å²) in [6, 6.07) is 8.30. The highest BCUT2D eigenvalue weighted by Crippen LogP contribution is 2.23. The van der Waals surface area contributed by atoms with Crippen LogP contribution in [-0.4, -0.2) is 23.1 Å². The van der Waals surface area contributed by atoms with Gasteiger partial charge in [0.15, 0.2) is 0 Å². The summed E-state index contributed by atoms with van der Waals surface area (Å²) in [5.41, 5.74) is 5.64. The first kappa shape index (κ1) is 15.1. The number of nitrogens with zero attached hydrogens (tertiary/aromatic N) is 3. The fourth-order valence-electron chi connectivity index (χ4n) is 2.20. The molecule has 0 aliphatic rings. The second-order valence-electron chi connectivity index (χ2n) is 4.68. The van der Waals surface area contributed by atoms with Crippen molar-refractivity contribution < 1.29 is 0 Å². The van der Waals surface area contributed by atoms with E-state index in [2.05, 4.69) is 51.6 Å². The SMILES string of the molecule is CCN(CC)c1ccc(Nc2ncnc(NN)c2C)cc1. The van der Waals surface area contributed by atoms with Crippen molar-refractivity contribution in [2.24, 2.45) is 5.84 Å². The quantitative estimate of drug-likeness (QED) is 0.559. The fourth-order valence-corrected chi connectivity index (χ4v) is 2.20. The number of nitrogens with one attached hydrogen (secondary N) is 2. The van der Waals surface area contributed by atoms with Gasteiger partial charge in [-0.1, -0.05) is 0 Å². The summed E-state index contributed by atoms with van der Waals surface area (Å²) >= 11 is 0. The molecule has 0 bridgehead atoms. The largest absolute Gasteiger partial charge is 0.372 e. The average Bonchev–Trinajstić information content (AvgIpc) is 2.52. The number of hydrogen-bond acceptors (Lipinski definition) is 6. The number of hydrazine groups is 1. The minimum atomic E-state index is 0.618. The van der Waals surface area contributed by atoms with E-state index >= 15 is 0 Å². The topological polar surface area (TPSA) is 79.1 Å². The number of aromatic nitrogens is 2. The summed E-state index contributed by atoms with van der Waals surface area (Å²) in [4.78, 5) is 10.6. The van der Waals surface area contributed by atoms with E-state index in [1.165, 1.54) is 12.0 Å². The summed E-state index contributed by atoms with van der Waals surface area (Å²) in [6.07, 6.45) is 1.48. The maximum Gasteiger partial charge on any atom is 0.148 e. The van der Waals surface area contributed by atoms with Gasteiger partial charge in [-0.2, -0.15) is 0 Å². The Bertz CT molecular complexity index is 577. The third-order valence-electron chi connectivity index (χ3n) is 3.48. The van der Waals surface area contributed by atoms with Gasteiger partial charge in [0.1, 0.15) is 18.0 Å². The van der Waals surface area contributed by atoms with E-state index < -0.39 is 0 Å². The second-order valence-corrected chi connectivity index (χ2v) is 4.68. The van der Waals surface area contributed by atoms with Crippen LogP contribution in [0.4, 0.5) is 23.0 Å². The van der Waals surface area contributed by atoms with Crippen molar-refractivity contribution in [2.75, 3.05) is 28.7 Å². The Labute approximate surface area is 125 Å². The van der Waals surface area contributed by atoms with Crippen LogP contribution in [0, 0.1) is 6.92 Å². The van der Waals surface area contributed by atoms with E-state index in [-0.39, 0.29) is 0 Å². The molecule has 0 radical (unpaired) electrons. The first-order valence-electron chi connectivity index (χ1n) is 7.09. The molecule has 0 fully saturated rings. The highest BCUT2D eigenvalue weighted by molar-refractivity contribution is 5.65. The van der Waals surface area contributed by atoms with E-state index in [9.17, 15) is 0 Å². The minimum absolute atomic E-state index is 0.618. The van der Waals surface area contributed by atoms with Gasteiger partial charge >= 0.3 is 0 Å². The summed E-state index contributed by atoms with van der Waals surface area (Å²) < 4.78 is 0. The molecule has 1 aromatic heterocycles. The molecular weight excluding hydrogens is 264 g/mol. The summed E-state index contributed by atoms with van der Waals surface area (Å²) in [5, 5.41) is 3.28. The molecule has 0 spiro atoms. The molecule has 0 saturated carbocycles. The Morgan fingerprint density at radius 2 is 1.67 bits per heavy atom. The number of benzene rings is 1. The second kappa shape index (κ2) is 6.90. The van der Waals surface area contributed by atoms with Crippen LogP contribution in [0.2, 0.25) is 0 Å². The van der Waals surface area contributed by atoms with Crippen LogP contribution in [0.3, 0.4) is 0 Å². The number of nitrogens with two attached hydrogens (primary N) is 1. The molecule has 1 aromatic carbocycles. The van der Waals surface area contributed by atoms with Crippen molar-refractivity contribution in [1.29, 1.82) is 0 Å². The zero-order chi connectivity index (χ0) is 15.2. The Hall–Kier alpha value is -2.34. The summed E-state index contributed by atoms with van der Waals surface area (Å²) in [6.45, 7) is 8.23. The molecule has 112 valence electrons. The van der Waals surface area contributed by atoms with Gasteiger partial charge in [-0.25, -0.2) is 15.8 Å². The summed E-state index contributed by atoms with van der Waals surface area (Å²) in [5.74, 6) is 6.78. The molecule has 2 rings (SSSR count). The Morgan fingerprint density at radius 1 is 1.05 bits per heavy atom. The normalized spacial score (nSPS) is 10.3.